The molecule has 0 aromatic heterocycles. The summed E-state index contributed by atoms with van der Waals surface area (Å²) in [5.41, 5.74) is 5.99. The first-order valence-corrected chi connectivity index (χ1v) is 7.02. The van der Waals surface area contributed by atoms with Crippen LogP contribution in [0.3, 0.4) is 0 Å². The normalized spacial score (nSPS) is 11.8. The second kappa shape index (κ2) is 7.51. The Balaban J connectivity index is 1.98. The van der Waals surface area contributed by atoms with Gasteiger partial charge < -0.3 is 0 Å². The molecule has 2 rings (SSSR count). The monoisotopic (exact) mass is 267 g/mol. The Bertz CT molecular complexity index is 522. The van der Waals surface area contributed by atoms with E-state index in [0.717, 1.165) is 24.1 Å². The fourth-order valence-corrected chi connectivity index (χ4v) is 2.06. The molecule has 0 fully saturated rings. The van der Waals surface area contributed by atoms with Gasteiger partial charge in [-0.15, -0.1) is 0 Å². The van der Waals surface area contributed by atoms with Gasteiger partial charge in [-0.3, -0.25) is 10.3 Å². The van der Waals surface area contributed by atoms with Crippen LogP contribution in [0.1, 0.15) is 37.0 Å². The molecule has 0 aliphatic carbocycles. The Morgan fingerprint density at radius 3 is 2.25 bits per heavy atom. The number of hydroxylamine groups is 1. The Labute approximate surface area is 121 Å². The zero-order chi connectivity index (χ0) is 14.2. The highest BCUT2D eigenvalue weighted by Gasteiger charge is 2.11. The van der Waals surface area contributed by atoms with Gasteiger partial charge in [-0.05, 0) is 17.5 Å². The smallest absolute Gasteiger partial charge is 0.110 e. The van der Waals surface area contributed by atoms with Crippen molar-refractivity contribution in [2.45, 2.75) is 25.9 Å². The van der Waals surface area contributed by atoms with Crippen LogP contribution in [0.5, 0.6) is 0 Å². The zero-order valence-electron chi connectivity index (χ0n) is 11.9. The highest BCUT2D eigenvalue weighted by atomic mass is 16.7. The van der Waals surface area contributed by atoms with E-state index in [4.69, 9.17) is 4.84 Å². The number of hydrogen-bond acceptors (Lipinski definition) is 2. The number of hydrogen-bond donors (Lipinski definition) is 1. The molecule has 20 heavy (non-hydrogen) atoms. The molecular weight excluding hydrogens is 246 g/mol. The first-order chi connectivity index (χ1) is 9.81. The lowest BCUT2D eigenvalue weighted by atomic mass is 10.1. The minimum Gasteiger partial charge on any atom is -0.268 e. The van der Waals surface area contributed by atoms with Crippen molar-refractivity contribution in [3.05, 3.63) is 78.4 Å². The van der Waals surface area contributed by atoms with E-state index in [1.807, 2.05) is 48.5 Å². The minimum absolute atomic E-state index is 0.0432. The van der Waals surface area contributed by atoms with Crippen LogP contribution in [0.4, 0.5) is 0 Å². The molecule has 0 bridgehead atoms. The third-order valence-corrected chi connectivity index (χ3v) is 3.17. The lowest BCUT2D eigenvalue weighted by Gasteiger charge is -2.19. The van der Waals surface area contributed by atoms with Crippen LogP contribution in [-0.2, 0) is 4.84 Å². The van der Waals surface area contributed by atoms with Crippen molar-refractivity contribution >= 4 is 5.70 Å². The summed E-state index contributed by atoms with van der Waals surface area (Å²) in [6.07, 6.45) is 2.08. The summed E-state index contributed by atoms with van der Waals surface area (Å²) in [6, 6.07) is 20.3. The Kier molecular flexibility index (Phi) is 5.39. The molecular formula is C18H21NO. The SMILES string of the molecule is C=C(NOC(CCC)c1ccccc1)c1ccccc1. The average molecular weight is 267 g/mol. The van der Waals surface area contributed by atoms with Gasteiger partial charge in [-0.2, -0.15) is 0 Å². The van der Waals surface area contributed by atoms with Gasteiger partial charge in [0.25, 0.3) is 0 Å². The Morgan fingerprint density at radius 2 is 1.65 bits per heavy atom. The van der Waals surface area contributed by atoms with Gasteiger partial charge in [0.05, 0.1) is 5.70 Å². The number of benzene rings is 2. The third-order valence-electron chi connectivity index (χ3n) is 3.17. The predicted octanol–water partition coefficient (Wildman–Crippen LogP) is 4.72. The maximum atomic E-state index is 5.84. The largest absolute Gasteiger partial charge is 0.268 e. The van der Waals surface area contributed by atoms with Gasteiger partial charge in [-0.1, -0.05) is 80.6 Å². The lowest BCUT2D eigenvalue weighted by Crippen LogP contribution is -2.17. The standard InChI is InChI=1S/C18H21NO/c1-3-10-18(17-13-8-5-9-14-17)20-19-15(2)16-11-6-4-7-12-16/h4-9,11-14,18-19H,2-3,10H2,1H3. The maximum absolute atomic E-state index is 5.84. The second-order valence-corrected chi connectivity index (χ2v) is 4.75. The molecule has 1 atom stereocenters. The molecule has 1 N–H and O–H groups in total. The molecule has 0 spiro atoms. The van der Waals surface area contributed by atoms with Crippen molar-refractivity contribution in [3.8, 4) is 0 Å². The van der Waals surface area contributed by atoms with Crippen LogP contribution < -0.4 is 5.48 Å². The lowest BCUT2D eigenvalue weighted by molar-refractivity contribution is -0.00190. The van der Waals surface area contributed by atoms with E-state index in [1.165, 1.54) is 5.56 Å². The summed E-state index contributed by atoms with van der Waals surface area (Å²) in [7, 11) is 0. The van der Waals surface area contributed by atoms with Gasteiger partial charge >= 0.3 is 0 Å². The van der Waals surface area contributed by atoms with E-state index in [1.54, 1.807) is 0 Å². The number of rotatable bonds is 7. The van der Waals surface area contributed by atoms with Gasteiger partial charge in [0, 0.05) is 0 Å². The molecule has 1 unspecified atom stereocenters. The van der Waals surface area contributed by atoms with Crippen molar-refractivity contribution in [3.63, 3.8) is 0 Å². The van der Waals surface area contributed by atoms with Gasteiger partial charge in [0.1, 0.15) is 6.10 Å². The topological polar surface area (TPSA) is 21.3 Å². The molecule has 0 heterocycles. The number of nitrogens with one attached hydrogen (secondary N) is 1. The van der Waals surface area contributed by atoms with E-state index in [0.29, 0.717) is 0 Å². The summed E-state index contributed by atoms with van der Waals surface area (Å²) in [6.45, 7) is 6.17. The van der Waals surface area contributed by atoms with Gasteiger partial charge in [-0.25, -0.2) is 0 Å². The van der Waals surface area contributed by atoms with Crippen LogP contribution in [0.25, 0.3) is 5.70 Å². The fraction of sp³-hybridized carbons (Fsp3) is 0.222. The van der Waals surface area contributed by atoms with Gasteiger partial charge in [0.2, 0.25) is 0 Å². The summed E-state index contributed by atoms with van der Waals surface area (Å²) in [4.78, 5) is 5.84. The van der Waals surface area contributed by atoms with E-state index in [-0.39, 0.29) is 6.10 Å². The zero-order valence-corrected chi connectivity index (χ0v) is 11.9. The van der Waals surface area contributed by atoms with Gasteiger partial charge in [0.15, 0.2) is 0 Å². The molecule has 2 aromatic carbocycles. The third kappa shape index (κ3) is 3.97. The van der Waals surface area contributed by atoms with Crippen molar-refractivity contribution < 1.29 is 4.84 Å². The summed E-state index contributed by atoms with van der Waals surface area (Å²) in [5, 5.41) is 0. The Morgan fingerprint density at radius 1 is 1.05 bits per heavy atom. The summed E-state index contributed by atoms with van der Waals surface area (Å²) in [5.74, 6) is 0. The van der Waals surface area contributed by atoms with E-state index >= 15 is 0 Å². The molecule has 0 aliphatic heterocycles. The maximum Gasteiger partial charge on any atom is 0.110 e. The van der Waals surface area contributed by atoms with E-state index < -0.39 is 0 Å². The molecule has 104 valence electrons. The predicted molar refractivity (Wildman–Crippen MR) is 83.8 cm³/mol. The van der Waals surface area contributed by atoms with Crippen molar-refractivity contribution in [1.29, 1.82) is 0 Å². The quantitative estimate of drug-likeness (QED) is 0.733. The average Bonchev–Trinajstić information content (AvgIpc) is 2.53. The van der Waals surface area contributed by atoms with Crippen molar-refractivity contribution in [2.75, 3.05) is 0 Å². The first-order valence-electron chi connectivity index (χ1n) is 7.02. The van der Waals surface area contributed by atoms with Crippen molar-refractivity contribution in [2.24, 2.45) is 0 Å². The van der Waals surface area contributed by atoms with Crippen LogP contribution >= 0.6 is 0 Å². The molecule has 2 aromatic rings. The molecule has 2 heteroatoms. The molecule has 2 nitrogen and oxygen atoms in total. The highest BCUT2D eigenvalue weighted by Crippen LogP contribution is 2.22. The van der Waals surface area contributed by atoms with Crippen molar-refractivity contribution in [1.82, 2.24) is 5.48 Å². The van der Waals surface area contributed by atoms with Crippen LogP contribution in [0.2, 0.25) is 0 Å². The Hall–Kier alpha value is -2.06. The highest BCUT2D eigenvalue weighted by molar-refractivity contribution is 5.60. The van der Waals surface area contributed by atoms with Crippen LogP contribution in [0, 0.1) is 0 Å². The molecule has 0 saturated carbocycles. The minimum atomic E-state index is 0.0432. The molecule has 0 aliphatic rings. The summed E-state index contributed by atoms with van der Waals surface area (Å²) < 4.78 is 0. The fourth-order valence-electron chi connectivity index (χ4n) is 2.06. The van der Waals surface area contributed by atoms with E-state index in [2.05, 4.69) is 31.1 Å². The first kappa shape index (κ1) is 14.4. The molecule has 0 amide bonds. The van der Waals surface area contributed by atoms with Crippen LogP contribution in [-0.4, -0.2) is 0 Å². The second-order valence-electron chi connectivity index (χ2n) is 4.75. The molecule has 0 saturated heterocycles. The van der Waals surface area contributed by atoms with Crippen LogP contribution in [0.15, 0.2) is 67.2 Å². The summed E-state index contributed by atoms with van der Waals surface area (Å²) >= 11 is 0. The molecule has 0 radical (unpaired) electrons. The van der Waals surface area contributed by atoms with E-state index in [9.17, 15) is 0 Å².